The number of hydrogen-bond donors (Lipinski definition) is 1. The molecule has 10 nitrogen and oxygen atoms in total. The first-order valence-corrected chi connectivity index (χ1v) is 15.5. The normalized spacial score (nSPS) is 15.5. The molecule has 12 heteroatoms. The fraction of sp³-hybridized carbons (Fsp3) is 0.480. The predicted octanol–water partition coefficient (Wildman–Crippen LogP) is 2.61. The molecule has 3 rings (SSSR count). The van der Waals surface area contributed by atoms with Gasteiger partial charge in [-0.2, -0.15) is 4.31 Å². The zero-order valence-corrected chi connectivity index (χ0v) is 23.1. The minimum atomic E-state index is -3.49. The van der Waals surface area contributed by atoms with Crippen molar-refractivity contribution in [2.45, 2.75) is 43.6 Å². The minimum Gasteiger partial charge on any atom is -0.492 e. The average molecular weight is 554 g/mol. The van der Waals surface area contributed by atoms with E-state index >= 15 is 0 Å². The van der Waals surface area contributed by atoms with Crippen LogP contribution in [0.25, 0.3) is 0 Å². The van der Waals surface area contributed by atoms with Gasteiger partial charge >= 0.3 is 0 Å². The number of benzene rings is 2. The molecule has 1 fully saturated rings. The molecule has 0 radical (unpaired) electrons. The third-order valence-electron chi connectivity index (χ3n) is 6.09. The molecule has 0 aliphatic carbocycles. The van der Waals surface area contributed by atoms with Crippen LogP contribution >= 0.6 is 0 Å². The SMILES string of the molecule is CC[C@H](Oc1ccc(N(C)S(C)(=O)=O)cc1)C(=O)NCCOc1ccc(S(=O)(=O)N2CCCCC2)cc1. The van der Waals surface area contributed by atoms with Crippen molar-refractivity contribution >= 4 is 31.6 Å². The molecule has 1 amide bonds. The van der Waals surface area contributed by atoms with Crippen LogP contribution in [0.15, 0.2) is 53.4 Å². The van der Waals surface area contributed by atoms with Gasteiger partial charge in [-0.1, -0.05) is 13.3 Å². The van der Waals surface area contributed by atoms with Crippen molar-refractivity contribution < 1.29 is 31.1 Å². The Hall–Kier alpha value is -2.83. The second-order valence-corrected chi connectivity index (χ2v) is 12.8. The molecule has 2 aromatic carbocycles. The molecule has 1 aliphatic heterocycles. The van der Waals surface area contributed by atoms with Crippen LogP contribution in [0.5, 0.6) is 11.5 Å². The third-order valence-corrected chi connectivity index (χ3v) is 9.20. The zero-order chi connectivity index (χ0) is 27.1. The second-order valence-electron chi connectivity index (χ2n) is 8.81. The Kier molecular flexibility index (Phi) is 9.80. The highest BCUT2D eigenvalue weighted by atomic mass is 32.2. The quantitative estimate of drug-likeness (QED) is 0.401. The van der Waals surface area contributed by atoms with E-state index in [0.29, 0.717) is 36.7 Å². The summed E-state index contributed by atoms with van der Waals surface area (Å²) in [6.07, 6.45) is 3.65. The highest BCUT2D eigenvalue weighted by molar-refractivity contribution is 7.92. The van der Waals surface area contributed by atoms with E-state index in [0.717, 1.165) is 29.8 Å². The molecule has 0 bridgehead atoms. The molecule has 1 N–H and O–H groups in total. The van der Waals surface area contributed by atoms with Crippen molar-refractivity contribution in [2.75, 3.05) is 43.8 Å². The summed E-state index contributed by atoms with van der Waals surface area (Å²) in [6.45, 7) is 3.37. The van der Waals surface area contributed by atoms with Crippen LogP contribution in [-0.4, -0.2) is 72.7 Å². The van der Waals surface area contributed by atoms with Crippen LogP contribution in [0.1, 0.15) is 32.6 Å². The van der Waals surface area contributed by atoms with Crippen LogP contribution in [-0.2, 0) is 24.8 Å². The van der Waals surface area contributed by atoms with Crippen molar-refractivity contribution in [1.29, 1.82) is 0 Å². The number of ether oxygens (including phenoxy) is 2. The Morgan fingerprint density at radius 1 is 0.973 bits per heavy atom. The number of hydrogen-bond acceptors (Lipinski definition) is 7. The van der Waals surface area contributed by atoms with Gasteiger partial charge < -0.3 is 14.8 Å². The lowest BCUT2D eigenvalue weighted by Crippen LogP contribution is -2.39. The van der Waals surface area contributed by atoms with E-state index in [2.05, 4.69) is 5.32 Å². The topological polar surface area (TPSA) is 122 Å². The molecule has 2 aromatic rings. The lowest BCUT2D eigenvalue weighted by Gasteiger charge is -2.25. The van der Waals surface area contributed by atoms with E-state index in [-0.39, 0.29) is 24.0 Å². The summed E-state index contributed by atoms with van der Waals surface area (Å²) >= 11 is 0. The molecular weight excluding hydrogens is 518 g/mol. The number of amides is 1. The van der Waals surface area contributed by atoms with E-state index in [1.165, 1.54) is 23.5 Å². The monoisotopic (exact) mass is 553 g/mol. The largest absolute Gasteiger partial charge is 0.492 e. The Labute approximate surface area is 219 Å². The first kappa shape index (κ1) is 28.7. The number of piperidine rings is 1. The smallest absolute Gasteiger partial charge is 0.261 e. The molecule has 1 heterocycles. The Morgan fingerprint density at radius 2 is 1.57 bits per heavy atom. The molecule has 0 aromatic heterocycles. The van der Waals surface area contributed by atoms with Gasteiger partial charge in [0.05, 0.1) is 23.4 Å². The standard InChI is InChI=1S/C25H35N3O7S2/c1-4-24(35-22-10-8-20(9-11-22)27(2)36(3,30)31)25(29)26-16-19-34-21-12-14-23(15-13-21)37(32,33)28-17-6-5-7-18-28/h8-15,24H,4-7,16-19H2,1-3H3,(H,26,29)/t24-/m0/s1. The summed E-state index contributed by atoms with van der Waals surface area (Å²) in [4.78, 5) is 12.8. The molecule has 0 spiro atoms. The summed E-state index contributed by atoms with van der Waals surface area (Å²) in [5.41, 5.74) is 0.488. The molecule has 1 aliphatic rings. The first-order valence-electron chi connectivity index (χ1n) is 12.2. The van der Waals surface area contributed by atoms with Crippen molar-refractivity contribution in [1.82, 2.24) is 9.62 Å². The fourth-order valence-electron chi connectivity index (χ4n) is 3.83. The van der Waals surface area contributed by atoms with Crippen LogP contribution in [0.3, 0.4) is 0 Å². The number of nitrogens with one attached hydrogen (secondary N) is 1. The van der Waals surface area contributed by atoms with E-state index in [1.54, 1.807) is 36.4 Å². The van der Waals surface area contributed by atoms with Crippen molar-refractivity contribution in [3.05, 3.63) is 48.5 Å². The maximum atomic E-state index is 12.7. The number of rotatable bonds is 12. The van der Waals surface area contributed by atoms with Crippen LogP contribution in [0.2, 0.25) is 0 Å². The fourth-order valence-corrected chi connectivity index (χ4v) is 5.85. The van der Waals surface area contributed by atoms with Crippen molar-refractivity contribution in [3.8, 4) is 11.5 Å². The lowest BCUT2D eigenvalue weighted by atomic mass is 10.2. The predicted molar refractivity (Wildman–Crippen MR) is 142 cm³/mol. The highest BCUT2D eigenvalue weighted by Gasteiger charge is 2.25. The molecule has 1 saturated heterocycles. The molecular formula is C25H35N3O7S2. The van der Waals surface area contributed by atoms with Gasteiger partial charge in [0.2, 0.25) is 20.0 Å². The van der Waals surface area contributed by atoms with Gasteiger partial charge in [0, 0.05) is 20.1 Å². The lowest BCUT2D eigenvalue weighted by molar-refractivity contribution is -0.128. The van der Waals surface area contributed by atoms with E-state index in [1.807, 2.05) is 6.92 Å². The van der Waals surface area contributed by atoms with Gasteiger partial charge in [-0.05, 0) is 67.8 Å². The summed E-state index contributed by atoms with van der Waals surface area (Å²) in [5.74, 6) is 0.657. The van der Waals surface area contributed by atoms with Gasteiger partial charge in [0.1, 0.15) is 18.1 Å². The summed E-state index contributed by atoms with van der Waals surface area (Å²) in [5, 5.41) is 2.77. The number of anilines is 1. The van der Waals surface area contributed by atoms with Gasteiger partial charge in [0.25, 0.3) is 5.91 Å². The summed E-state index contributed by atoms with van der Waals surface area (Å²) in [7, 11) is -5.40. The minimum absolute atomic E-state index is 0.201. The van der Waals surface area contributed by atoms with Gasteiger partial charge in [-0.15, -0.1) is 0 Å². The van der Waals surface area contributed by atoms with Crippen LogP contribution in [0, 0.1) is 0 Å². The Balaban J connectivity index is 1.46. The van der Waals surface area contributed by atoms with Crippen molar-refractivity contribution in [2.24, 2.45) is 0 Å². The third kappa shape index (κ3) is 7.83. The molecule has 0 unspecified atom stereocenters. The zero-order valence-electron chi connectivity index (χ0n) is 21.4. The highest BCUT2D eigenvalue weighted by Crippen LogP contribution is 2.23. The van der Waals surface area contributed by atoms with Crippen LogP contribution in [0.4, 0.5) is 5.69 Å². The Bertz CT molecular complexity index is 1240. The first-order chi connectivity index (χ1) is 17.5. The molecule has 0 saturated carbocycles. The van der Waals surface area contributed by atoms with Gasteiger partial charge in [-0.3, -0.25) is 9.10 Å². The van der Waals surface area contributed by atoms with Crippen molar-refractivity contribution in [3.63, 3.8) is 0 Å². The maximum Gasteiger partial charge on any atom is 0.261 e. The second kappa shape index (κ2) is 12.6. The molecule has 37 heavy (non-hydrogen) atoms. The van der Waals surface area contributed by atoms with Crippen LogP contribution < -0.4 is 19.1 Å². The van der Waals surface area contributed by atoms with E-state index in [9.17, 15) is 21.6 Å². The number of sulfonamides is 2. The Morgan fingerprint density at radius 3 is 2.14 bits per heavy atom. The number of carbonyl (C=O) groups is 1. The van der Waals surface area contributed by atoms with Gasteiger partial charge in [-0.25, -0.2) is 16.8 Å². The average Bonchev–Trinajstić information content (AvgIpc) is 2.89. The van der Waals surface area contributed by atoms with E-state index in [4.69, 9.17) is 9.47 Å². The maximum absolute atomic E-state index is 12.7. The molecule has 204 valence electrons. The molecule has 1 atom stereocenters. The summed E-state index contributed by atoms with van der Waals surface area (Å²) in [6, 6.07) is 12.8. The number of nitrogens with zero attached hydrogens (tertiary/aromatic N) is 2. The summed E-state index contributed by atoms with van der Waals surface area (Å²) < 4.78 is 62.9. The van der Waals surface area contributed by atoms with Gasteiger partial charge in [0.15, 0.2) is 6.10 Å². The number of carbonyl (C=O) groups excluding carboxylic acids is 1. The van der Waals surface area contributed by atoms with E-state index < -0.39 is 26.2 Å².